The Morgan fingerprint density at radius 2 is 1.62 bits per heavy atom. The number of nitrogens with zero attached hydrogens (tertiary/aromatic N) is 3. The van der Waals surface area contributed by atoms with Crippen molar-refractivity contribution in [2.45, 2.75) is 0 Å². The number of piperazine rings is 1. The molecule has 5 nitrogen and oxygen atoms in total. The highest BCUT2D eigenvalue weighted by molar-refractivity contribution is 5.94. The smallest absolute Gasteiger partial charge is 0.319 e. The standard InChI is InChI=1S/C14H17F2N3O2/c1-17(2)14(21)19-8-6-18(7-9-19)13(20)10-4-3-5-11(15)12(10)16/h3-5H,6-9H2,1-2H3. The first-order valence-corrected chi connectivity index (χ1v) is 6.61. The maximum absolute atomic E-state index is 13.6. The zero-order valence-electron chi connectivity index (χ0n) is 12.0. The molecule has 2 rings (SSSR count). The minimum atomic E-state index is -1.13. The number of carbonyl (C=O) groups is 2. The molecule has 3 amide bonds. The molecule has 0 radical (unpaired) electrons. The number of urea groups is 1. The van der Waals surface area contributed by atoms with Gasteiger partial charge in [-0.15, -0.1) is 0 Å². The summed E-state index contributed by atoms with van der Waals surface area (Å²) in [6, 6.07) is 3.41. The van der Waals surface area contributed by atoms with Gasteiger partial charge in [0.05, 0.1) is 5.56 Å². The van der Waals surface area contributed by atoms with Crippen molar-refractivity contribution >= 4 is 11.9 Å². The van der Waals surface area contributed by atoms with Crippen LogP contribution in [0.1, 0.15) is 10.4 Å². The molecule has 114 valence electrons. The largest absolute Gasteiger partial charge is 0.335 e. The molecule has 0 unspecified atom stereocenters. The summed E-state index contributed by atoms with van der Waals surface area (Å²) in [6.07, 6.45) is 0. The van der Waals surface area contributed by atoms with Crippen LogP contribution in [-0.4, -0.2) is 66.9 Å². The van der Waals surface area contributed by atoms with Crippen molar-refractivity contribution in [2.75, 3.05) is 40.3 Å². The van der Waals surface area contributed by atoms with E-state index in [1.54, 1.807) is 19.0 Å². The van der Waals surface area contributed by atoms with Gasteiger partial charge in [0.25, 0.3) is 5.91 Å². The third-order valence-corrected chi connectivity index (χ3v) is 3.40. The van der Waals surface area contributed by atoms with Crippen LogP contribution in [-0.2, 0) is 0 Å². The molecule has 0 aromatic heterocycles. The number of amides is 3. The Labute approximate surface area is 121 Å². The average Bonchev–Trinajstić information content (AvgIpc) is 2.48. The van der Waals surface area contributed by atoms with Crippen molar-refractivity contribution in [1.82, 2.24) is 14.7 Å². The van der Waals surface area contributed by atoms with Crippen LogP contribution < -0.4 is 0 Å². The first-order chi connectivity index (χ1) is 9.91. The van der Waals surface area contributed by atoms with Gasteiger partial charge in [-0.1, -0.05) is 6.07 Å². The molecule has 1 heterocycles. The second-order valence-corrected chi connectivity index (χ2v) is 5.06. The van der Waals surface area contributed by atoms with E-state index in [1.807, 2.05) is 0 Å². The minimum absolute atomic E-state index is 0.126. The fraction of sp³-hybridized carbons (Fsp3) is 0.429. The molecule has 0 N–H and O–H groups in total. The molecule has 1 aromatic rings. The number of hydrogen-bond donors (Lipinski definition) is 0. The van der Waals surface area contributed by atoms with Gasteiger partial charge in [-0.3, -0.25) is 4.79 Å². The fourth-order valence-corrected chi connectivity index (χ4v) is 2.22. The van der Waals surface area contributed by atoms with Crippen LogP contribution in [0.25, 0.3) is 0 Å². The number of hydrogen-bond acceptors (Lipinski definition) is 2. The van der Waals surface area contributed by atoms with E-state index in [4.69, 9.17) is 0 Å². The lowest BCUT2D eigenvalue weighted by atomic mass is 10.1. The molecule has 0 saturated carbocycles. The molecular weight excluding hydrogens is 280 g/mol. The van der Waals surface area contributed by atoms with Crippen molar-refractivity contribution in [3.63, 3.8) is 0 Å². The predicted octanol–water partition coefficient (Wildman–Crippen LogP) is 1.40. The Hall–Kier alpha value is -2.18. The Balaban J connectivity index is 2.04. The predicted molar refractivity (Wildman–Crippen MR) is 72.9 cm³/mol. The van der Waals surface area contributed by atoms with Crippen LogP contribution in [0.2, 0.25) is 0 Å². The van der Waals surface area contributed by atoms with Gasteiger partial charge in [0.1, 0.15) is 0 Å². The second-order valence-electron chi connectivity index (χ2n) is 5.06. The summed E-state index contributed by atoms with van der Waals surface area (Å²) < 4.78 is 26.8. The maximum atomic E-state index is 13.6. The van der Waals surface area contributed by atoms with Gasteiger partial charge >= 0.3 is 6.03 Å². The lowest BCUT2D eigenvalue weighted by Crippen LogP contribution is -2.53. The van der Waals surface area contributed by atoms with Crippen molar-refractivity contribution in [3.05, 3.63) is 35.4 Å². The van der Waals surface area contributed by atoms with Gasteiger partial charge in [-0.2, -0.15) is 0 Å². The van der Waals surface area contributed by atoms with E-state index < -0.39 is 17.5 Å². The zero-order chi connectivity index (χ0) is 15.6. The topological polar surface area (TPSA) is 43.9 Å². The molecule has 1 aliphatic heterocycles. The van der Waals surface area contributed by atoms with Crippen LogP contribution in [0, 0.1) is 11.6 Å². The Kier molecular flexibility index (Phi) is 4.40. The zero-order valence-corrected chi connectivity index (χ0v) is 12.0. The highest BCUT2D eigenvalue weighted by Crippen LogP contribution is 2.15. The summed E-state index contributed by atoms with van der Waals surface area (Å²) >= 11 is 0. The van der Waals surface area contributed by atoms with E-state index in [-0.39, 0.29) is 11.6 Å². The van der Waals surface area contributed by atoms with E-state index in [9.17, 15) is 18.4 Å². The average molecular weight is 297 g/mol. The lowest BCUT2D eigenvalue weighted by Gasteiger charge is -2.36. The summed E-state index contributed by atoms with van der Waals surface area (Å²) in [5.41, 5.74) is -0.276. The summed E-state index contributed by atoms with van der Waals surface area (Å²) in [5.74, 6) is -2.72. The van der Waals surface area contributed by atoms with Crippen LogP contribution in [0.15, 0.2) is 18.2 Å². The molecule has 1 aliphatic rings. The van der Waals surface area contributed by atoms with Crippen LogP contribution in [0.4, 0.5) is 13.6 Å². The Bertz CT molecular complexity index is 555. The van der Waals surface area contributed by atoms with Crippen LogP contribution >= 0.6 is 0 Å². The van der Waals surface area contributed by atoms with E-state index in [1.165, 1.54) is 21.9 Å². The Morgan fingerprint density at radius 1 is 1.05 bits per heavy atom. The number of carbonyl (C=O) groups excluding carboxylic acids is 2. The number of rotatable bonds is 1. The fourth-order valence-electron chi connectivity index (χ4n) is 2.22. The third kappa shape index (κ3) is 3.12. The first kappa shape index (κ1) is 15.2. The summed E-state index contributed by atoms with van der Waals surface area (Å²) in [7, 11) is 3.31. The van der Waals surface area contributed by atoms with E-state index >= 15 is 0 Å². The van der Waals surface area contributed by atoms with Gasteiger partial charge in [0, 0.05) is 40.3 Å². The van der Waals surface area contributed by atoms with Gasteiger partial charge in [-0.25, -0.2) is 13.6 Å². The normalized spacial score (nSPS) is 15.0. The quantitative estimate of drug-likeness (QED) is 0.786. The van der Waals surface area contributed by atoms with E-state index in [0.717, 1.165) is 6.07 Å². The summed E-state index contributed by atoms with van der Waals surface area (Å²) in [5, 5.41) is 0. The Morgan fingerprint density at radius 3 is 2.19 bits per heavy atom. The van der Waals surface area contributed by atoms with E-state index in [0.29, 0.717) is 26.2 Å². The number of benzene rings is 1. The highest BCUT2D eigenvalue weighted by atomic mass is 19.2. The first-order valence-electron chi connectivity index (χ1n) is 6.61. The summed E-state index contributed by atoms with van der Waals surface area (Å²) in [6.45, 7) is 1.35. The molecule has 7 heteroatoms. The van der Waals surface area contributed by atoms with Gasteiger partial charge in [0.15, 0.2) is 11.6 Å². The third-order valence-electron chi connectivity index (χ3n) is 3.40. The van der Waals surface area contributed by atoms with Crippen LogP contribution in [0.3, 0.4) is 0 Å². The van der Waals surface area contributed by atoms with Crippen molar-refractivity contribution < 1.29 is 18.4 Å². The van der Waals surface area contributed by atoms with Crippen molar-refractivity contribution in [3.8, 4) is 0 Å². The minimum Gasteiger partial charge on any atom is -0.335 e. The SMILES string of the molecule is CN(C)C(=O)N1CCN(C(=O)c2cccc(F)c2F)CC1. The van der Waals surface area contributed by atoms with Crippen molar-refractivity contribution in [2.24, 2.45) is 0 Å². The molecule has 0 spiro atoms. The van der Waals surface area contributed by atoms with Gasteiger partial charge in [-0.05, 0) is 12.1 Å². The molecule has 0 aliphatic carbocycles. The lowest BCUT2D eigenvalue weighted by molar-refractivity contribution is 0.0644. The molecule has 21 heavy (non-hydrogen) atoms. The monoisotopic (exact) mass is 297 g/mol. The molecule has 1 saturated heterocycles. The molecule has 1 aromatic carbocycles. The summed E-state index contributed by atoms with van der Waals surface area (Å²) in [4.78, 5) is 28.5. The van der Waals surface area contributed by atoms with Crippen molar-refractivity contribution in [1.29, 1.82) is 0 Å². The van der Waals surface area contributed by atoms with Crippen LogP contribution in [0.5, 0.6) is 0 Å². The molecular formula is C14H17F2N3O2. The molecule has 0 atom stereocenters. The van der Waals surface area contributed by atoms with Gasteiger partial charge in [0.2, 0.25) is 0 Å². The van der Waals surface area contributed by atoms with Gasteiger partial charge < -0.3 is 14.7 Å². The molecule has 1 fully saturated rings. The van der Waals surface area contributed by atoms with E-state index in [2.05, 4.69) is 0 Å². The second kappa shape index (κ2) is 6.07. The molecule has 0 bridgehead atoms. The highest BCUT2D eigenvalue weighted by Gasteiger charge is 2.27. The maximum Gasteiger partial charge on any atom is 0.319 e. The number of halogens is 2.